The van der Waals surface area contributed by atoms with E-state index < -0.39 is 0 Å². The molecule has 2 aliphatic heterocycles. The molecule has 5 heteroatoms. The average Bonchev–Trinajstić information content (AvgIpc) is 2.45. The molecular formula is C13H23BrO4. The maximum absolute atomic E-state index is 5.88. The van der Waals surface area contributed by atoms with Crippen LogP contribution in [0.25, 0.3) is 0 Å². The Morgan fingerprint density at radius 3 is 2.22 bits per heavy atom. The number of alkyl halides is 1. The molecule has 2 aliphatic rings. The standard InChI is InChI=1S/C13H23BrO4/c14-9-11(18-13-6-2-4-8-16-13)10-17-12-5-1-3-7-15-12/h11-13H,1-10H2. The SMILES string of the molecule is BrCC(COC1CCCCO1)OC1CCCCO1. The molecule has 4 nitrogen and oxygen atoms in total. The highest BCUT2D eigenvalue weighted by molar-refractivity contribution is 9.09. The van der Waals surface area contributed by atoms with Crippen molar-refractivity contribution >= 4 is 15.9 Å². The molecule has 0 spiro atoms. The molecule has 0 saturated carbocycles. The molecule has 2 heterocycles. The first-order valence-corrected chi connectivity index (χ1v) is 8.07. The average molecular weight is 323 g/mol. The zero-order valence-corrected chi connectivity index (χ0v) is 12.4. The summed E-state index contributed by atoms with van der Waals surface area (Å²) in [6.07, 6.45) is 6.59. The van der Waals surface area contributed by atoms with Crippen molar-refractivity contribution in [2.45, 2.75) is 57.2 Å². The van der Waals surface area contributed by atoms with Gasteiger partial charge in [0.1, 0.15) is 0 Å². The summed E-state index contributed by atoms with van der Waals surface area (Å²) in [7, 11) is 0. The molecule has 2 saturated heterocycles. The van der Waals surface area contributed by atoms with Gasteiger partial charge in [-0.1, -0.05) is 15.9 Å². The fourth-order valence-corrected chi connectivity index (χ4v) is 2.55. The number of hydrogen-bond acceptors (Lipinski definition) is 4. The Kier molecular flexibility index (Phi) is 6.94. The Morgan fingerprint density at radius 2 is 1.67 bits per heavy atom. The van der Waals surface area contributed by atoms with Gasteiger partial charge in [0, 0.05) is 18.5 Å². The minimum atomic E-state index is -0.0582. The van der Waals surface area contributed by atoms with Crippen molar-refractivity contribution in [3.63, 3.8) is 0 Å². The highest BCUT2D eigenvalue weighted by atomic mass is 79.9. The molecule has 0 radical (unpaired) electrons. The van der Waals surface area contributed by atoms with E-state index in [2.05, 4.69) is 15.9 Å². The van der Waals surface area contributed by atoms with Crippen molar-refractivity contribution in [2.24, 2.45) is 0 Å². The van der Waals surface area contributed by atoms with E-state index in [0.29, 0.717) is 6.61 Å². The molecule has 18 heavy (non-hydrogen) atoms. The van der Waals surface area contributed by atoms with Crippen LogP contribution in [0.1, 0.15) is 38.5 Å². The van der Waals surface area contributed by atoms with Crippen LogP contribution in [-0.2, 0) is 18.9 Å². The van der Waals surface area contributed by atoms with Gasteiger partial charge in [0.2, 0.25) is 0 Å². The van der Waals surface area contributed by atoms with Crippen molar-refractivity contribution in [1.82, 2.24) is 0 Å². The molecule has 0 aromatic rings. The van der Waals surface area contributed by atoms with Gasteiger partial charge in [-0.05, 0) is 38.5 Å². The highest BCUT2D eigenvalue weighted by Gasteiger charge is 2.21. The molecule has 2 fully saturated rings. The molecule has 0 aromatic heterocycles. The van der Waals surface area contributed by atoms with Crippen molar-refractivity contribution in [3.05, 3.63) is 0 Å². The van der Waals surface area contributed by atoms with Crippen LogP contribution in [-0.4, -0.2) is 43.8 Å². The summed E-state index contributed by atoms with van der Waals surface area (Å²) in [5.41, 5.74) is 0. The summed E-state index contributed by atoms with van der Waals surface area (Å²) in [5.74, 6) is 0. The van der Waals surface area contributed by atoms with E-state index in [1.54, 1.807) is 0 Å². The molecule has 3 unspecified atom stereocenters. The minimum Gasteiger partial charge on any atom is -0.353 e. The lowest BCUT2D eigenvalue weighted by Crippen LogP contribution is -2.34. The van der Waals surface area contributed by atoms with E-state index in [1.807, 2.05) is 0 Å². The predicted octanol–water partition coefficient (Wildman–Crippen LogP) is 2.84. The molecular weight excluding hydrogens is 300 g/mol. The molecule has 0 amide bonds. The third-order valence-corrected chi connectivity index (χ3v) is 3.98. The zero-order valence-electron chi connectivity index (χ0n) is 10.8. The van der Waals surface area contributed by atoms with Gasteiger partial charge >= 0.3 is 0 Å². The molecule has 2 rings (SSSR count). The van der Waals surface area contributed by atoms with Gasteiger partial charge in [-0.3, -0.25) is 0 Å². The number of hydrogen-bond donors (Lipinski definition) is 0. The van der Waals surface area contributed by atoms with Crippen molar-refractivity contribution < 1.29 is 18.9 Å². The van der Waals surface area contributed by atoms with E-state index in [1.165, 1.54) is 12.8 Å². The van der Waals surface area contributed by atoms with Crippen molar-refractivity contribution in [2.75, 3.05) is 25.2 Å². The van der Waals surface area contributed by atoms with Gasteiger partial charge in [0.05, 0.1) is 12.7 Å². The lowest BCUT2D eigenvalue weighted by atomic mass is 10.2. The quantitative estimate of drug-likeness (QED) is 0.705. The van der Waals surface area contributed by atoms with Gasteiger partial charge in [0.25, 0.3) is 0 Å². The maximum atomic E-state index is 5.88. The van der Waals surface area contributed by atoms with Crippen LogP contribution in [0.5, 0.6) is 0 Å². The monoisotopic (exact) mass is 322 g/mol. The van der Waals surface area contributed by atoms with Crippen LogP contribution in [0.15, 0.2) is 0 Å². The Morgan fingerprint density at radius 1 is 1.00 bits per heavy atom. The summed E-state index contributed by atoms with van der Waals surface area (Å²) in [6, 6.07) is 0. The van der Waals surface area contributed by atoms with Crippen LogP contribution >= 0.6 is 15.9 Å². The first kappa shape index (κ1) is 14.7. The second-order valence-corrected chi connectivity index (χ2v) is 5.49. The predicted molar refractivity (Wildman–Crippen MR) is 71.8 cm³/mol. The summed E-state index contributed by atoms with van der Waals surface area (Å²) in [5, 5.41) is 0.763. The summed E-state index contributed by atoms with van der Waals surface area (Å²) in [4.78, 5) is 0. The number of halogens is 1. The van der Waals surface area contributed by atoms with Crippen LogP contribution in [0.3, 0.4) is 0 Å². The third kappa shape index (κ3) is 5.13. The fourth-order valence-electron chi connectivity index (χ4n) is 2.21. The number of rotatable bonds is 6. The first-order valence-electron chi connectivity index (χ1n) is 6.94. The highest BCUT2D eigenvalue weighted by Crippen LogP contribution is 2.18. The Bertz CT molecular complexity index is 215. The van der Waals surface area contributed by atoms with Crippen LogP contribution in [0.4, 0.5) is 0 Å². The summed E-state index contributed by atoms with van der Waals surface area (Å²) in [6.45, 7) is 2.19. The largest absolute Gasteiger partial charge is 0.353 e. The lowest BCUT2D eigenvalue weighted by molar-refractivity contribution is -0.218. The first-order chi connectivity index (χ1) is 8.88. The Balaban J connectivity index is 1.64. The van der Waals surface area contributed by atoms with E-state index in [-0.39, 0.29) is 18.7 Å². The summed E-state index contributed by atoms with van der Waals surface area (Å²) >= 11 is 3.47. The van der Waals surface area contributed by atoms with Gasteiger partial charge in [0.15, 0.2) is 12.6 Å². The molecule has 106 valence electrons. The molecule has 0 N–H and O–H groups in total. The van der Waals surface area contributed by atoms with Crippen molar-refractivity contribution in [3.8, 4) is 0 Å². The van der Waals surface area contributed by atoms with Crippen molar-refractivity contribution in [1.29, 1.82) is 0 Å². The second kappa shape index (κ2) is 8.48. The molecule has 0 aromatic carbocycles. The summed E-state index contributed by atoms with van der Waals surface area (Å²) < 4.78 is 22.7. The Labute approximate surface area is 117 Å². The number of ether oxygens (including phenoxy) is 4. The third-order valence-electron chi connectivity index (χ3n) is 3.26. The topological polar surface area (TPSA) is 36.9 Å². The minimum absolute atomic E-state index is 0.0404. The van der Waals surface area contributed by atoms with E-state index in [4.69, 9.17) is 18.9 Å². The van der Waals surface area contributed by atoms with Crippen LogP contribution in [0, 0.1) is 0 Å². The lowest BCUT2D eigenvalue weighted by Gasteiger charge is -2.29. The van der Waals surface area contributed by atoms with E-state index in [9.17, 15) is 0 Å². The van der Waals surface area contributed by atoms with E-state index >= 15 is 0 Å². The van der Waals surface area contributed by atoms with Crippen LogP contribution in [0.2, 0.25) is 0 Å². The maximum Gasteiger partial charge on any atom is 0.158 e. The molecule has 0 bridgehead atoms. The second-order valence-electron chi connectivity index (χ2n) is 4.84. The molecule has 3 atom stereocenters. The smallest absolute Gasteiger partial charge is 0.158 e. The normalized spacial score (nSPS) is 31.2. The van der Waals surface area contributed by atoms with Gasteiger partial charge < -0.3 is 18.9 Å². The van der Waals surface area contributed by atoms with Gasteiger partial charge in [-0.25, -0.2) is 0 Å². The van der Waals surface area contributed by atoms with E-state index in [0.717, 1.165) is 44.2 Å². The molecule has 0 aliphatic carbocycles. The van der Waals surface area contributed by atoms with Gasteiger partial charge in [-0.2, -0.15) is 0 Å². The van der Waals surface area contributed by atoms with Gasteiger partial charge in [-0.15, -0.1) is 0 Å². The zero-order chi connectivity index (χ0) is 12.6. The Hall–Kier alpha value is 0.320. The fraction of sp³-hybridized carbons (Fsp3) is 1.00. The van der Waals surface area contributed by atoms with Crippen LogP contribution < -0.4 is 0 Å².